The van der Waals surface area contributed by atoms with Gasteiger partial charge in [0.05, 0.1) is 26.5 Å². The average molecular weight is 465 g/mol. The van der Waals surface area contributed by atoms with Gasteiger partial charge >= 0.3 is 0 Å². The van der Waals surface area contributed by atoms with Crippen LogP contribution in [0.5, 0.6) is 11.5 Å². The standard InChI is InChI=1S/C26H32N4O4/c1-6-29(25(32)15-18(2)3)17-24(31)28-26-27-23(19-7-11-21(33-4)12-8-19)16-30(26)20-9-13-22(34-5)14-10-20/h7-14,16,18H,6,15,17H2,1-5H3,(H,27,28,31). The second-order valence-electron chi connectivity index (χ2n) is 8.30. The van der Waals surface area contributed by atoms with Crippen LogP contribution in [0, 0.1) is 5.92 Å². The molecule has 0 aliphatic carbocycles. The Bertz CT molecular complexity index is 1100. The Morgan fingerprint density at radius 3 is 2.12 bits per heavy atom. The van der Waals surface area contributed by atoms with Crippen molar-refractivity contribution in [2.75, 3.05) is 32.6 Å². The first-order chi connectivity index (χ1) is 16.3. The highest BCUT2D eigenvalue weighted by Gasteiger charge is 2.19. The van der Waals surface area contributed by atoms with Crippen molar-refractivity contribution in [1.82, 2.24) is 14.5 Å². The maximum Gasteiger partial charge on any atom is 0.246 e. The summed E-state index contributed by atoms with van der Waals surface area (Å²) < 4.78 is 12.3. The van der Waals surface area contributed by atoms with Crippen LogP contribution in [0.2, 0.25) is 0 Å². The molecule has 1 heterocycles. The van der Waals surface area contributed by atoms with Gasteiger partial charge in [-0.1, -0.05) is 13.8 Å². The molecule has 2 aromatic carbocycles. The van der Waals surface area contributed by atoms with E-state index < -0.39 is 0 Å². The second kappa shape index (κ2) is 11.4. The number of nitrogens with zero attached hydrogens (tertiary/aromatic N) is 3. The maximum absolute atomic E-state index is 12.9. The predicted octanol–water partition coefficient (Wildman–Crippen LogP) is 4.39. The van der Waals surface area contributed by atoms with E-state index in [0.717, 1.165) is 22.7 Å². The zero-order valence-electron chi connectivity index (χ0n) is 20.4. The molecule has 8 heteroatoms. The van der Waals surface area contributed by atoms with Gasteiger partial charge in [0.15, 0.2) is 0 Å². The number of carbonyl (C=O) groups excluding carboxylic acids is 2. The molecule has 0 saturated heterocycles. The molecular formula is C26H32N4O4. The van der Waals surface area contributed by atoms with E-state index in [1.54, 1.807) is 19.1 Å². The number of anilines is 1. The topological polar surface area (TPSA) is 85.7 Å². The van der Waals surface area contributed by atoms with E-state index in [0.29, 0.717) is 24.6 Å². The minimum absolute atomic E-state index is 0.0323. The number of benzene rings is 2. The number of ether oxygens (including phenoxy) is 2. The molecule has 1 N–H and O–H groups in total. The van der Waals surface area contributed by atoms with Crippen LogP contribution in [0.3, 0.4) is 0 Å². The number of amides is 2. The average Bonchev–Trinajstić information content (AvgIpc) is 3.25. The summed E-state index contributed by atoms with van der Waals surface area (Å²) in [5.41, 5.74) is 2.38. The van der Waals surface area contributed by atoms with Crippen molar-refractivity contribution in [2.45, 2.75) is 27.2 Å². The van der Waals surface area contributed by atoms with Crippen LogP contribution in [-0.4, -0.2) is 53.6 Å². The van der Waals surface area contributed by atoms with E-state index in [1.807, 2.05) is 80.1 Å². The number of rotatable bonds is 10. The molecule has 0 bridgehead atoms. The highest BCUT2D eigenvalue weighted by molar-refractivity contribution is 5.94. The molecule has 0 saturated carbocycles. The molecule has 0 fully saturated rings. The first-order valence-electron chi connectivity index (χ1n) is 11.3. The van der Waals surface area contributed by atoms with E-state index in [4.69, 9.17) is 9.47 Å². The quantitative estimate of drug-likeness (QED) is 0.481. The summed E-state index contributed by atoms with van der Waals surface area (Å²) in [6.45, 7) is 6.26. The van der Waals surface area contributed by atoms with Crippen LogP contribution in [0.1, 0.15) is 27.2 Å². The minimum Gasteiger partial charge on any atom is -0.497 e. The SMILES string of the molecule is CCN(CC(=O)Nc1nc(-c2ccc(OC)cc2)cn1-c1ccc(OC)cc1)C(=O)CC(C)C. The fourth-order valence-electron chi connectivity index (χ4n) is 3.50. The van der Waals surface area contributed by atoms with Crippen LogP contribution < -0.4 is 14.8 Å². The maximum atomic E-state index is 12.9. The summed E-state index contributed by atoms with van der Waals surface area (Å²) in [6, 6.07) is 15.0. The van der Waals surface area contributed by atoms with Crippen molar-refractivity contribution in [3.63, 3.8) is 0 Å². The largest absolute Gasteiger partial charge is 0.497 e. The highest BCUT2D eigenvalue weighted by atomic mass is 16.5. The summed E-state index contributed by atoms with van der Waals surface area (Å²) in [6.07, 6.45) is 2.27. The normalized spacial score (nSPS) is 10.8. The lowest BCUT2D eigenvalue weighted by atomic mass is 10.1. The van der Waals surface area contributed by atoms with Crippen LogP contribution in [-0.2, 0) is 9.59 Å². The van der Waals surface area contributed by atoms with Gasteiger partial charge in [-0.05, 0) is 61.4 Å². The van der Waals surface area contributed by atoms with Crippen LogP contribution in [0.15, 0.2) is 54.7 Å². The van der Waals surface area contributed by atoms with Gasteiger partial charge in [0.25, 0.3) is 0 Å². The monoisotopic (exact) mass is 464 g/mol. The third kappa shape index (κ3) is 6.15. The smallest absolute Gasteiger partial charge is 0.246 e. The molecule has 0 spiro atoms. The Morgan fingerprint density at radius 2 is 1.59 bits per heavy atom. The van der Waals surface area contributed by atoms with Gasteiger partial charge < -0.3 is 14.4 Å². The number of carbonyl (C=O) groups is 2. The van der Waals surface area contributed by atoms with Crippen molar-refractivity contribution in [2.24, 2.45) is 5.92 Å². The van der Waals surface area contributed by atoms with Gasteiger partial charge in [-0.25, -0.2) is 4.98 Å². The fourth-order valence-corrected chi connectivity index (χ4v) is 3.50. The lowest BCUT2D eigenvalue weighted by molar-refractivity contribution is -0.135. The third-order valence-corrected chi connectivity index (χ3v) is 5.35. The number of aromatic nitrogens is 2. The zero-order chi connectivity index (χ0) is 24.7. The van der Waals surface area contributed by atoms with E-state index in [-0.39, 0.29) is 24.3 Å². The summed E-state index contributed by atoms with van der Waals surface area (Å²) in [5.74, 6) is 1.73. The van der Waals surface area contributed by atoms with E-state index in [1.165, 1.54) is 0 Å². The van der Waals surface area contributed by atoms with Gasteiger partial charge in [-0.2, -0.15) is 0 Å². The molecule has 0 unspecified atom stereocenters. The summed E-state index contributed by atoms with van der Waals surface area (Å²) >= 11 is 0. The van der Waals surface area contributed by atoms with Crippen molar-refractivity contribution in [3.05, 3.63) is 54.7 Å². The van der Waals surface area contributed by atoms with E-state index in [9.17, 15) is 9.59 Å². The van der Waals surface area contributed by atoms with Crippen molar-refractivity contribution in [1.29, 1.82) is 0 Å². The molecular weight excluding hydrogens is 432 g/mol. The Labute approximate surface area is 200 Å². The molecule has 0 atom stereocenters. The lowest BCUT2D eigenvalue weighted by Crippen LogP contribution is -2.38. The zero-order valence-corrected chi connectivity index (χ0v) is 20.4. The Hall–Kier alpha value is -3.81. The van der Waals surface area contributed by atoms with Crippen LogP contribution in [0.4, 0.5) is 5.95 Å². The number of hydrogen-bond acceptors (Lipinski definition) is 5. The second-order valence-corrected chi connectivity index (χ2v) is 8.30. The summed E-state index contributed by atoms with van der Waals surface area (Å²) in [5, 5.41) is 2.89. The number of nitrogens with one attached hydrogen (secondary N) is 1. The third-order valence-electron chi connectivity index (χ3n) is 5.35. The fraction of sp³-hybridized carbons (Fsp3) is 0.346. The summed E-state index contributed by atoms with van der Waals surface area (Å²) in [7, 11) is 3.23. The van der Waals surface area contributed by atoms with Crippen molar-refractivity contribution >= 4 is 17.8 Å². The first kappa shape index (κ1) is 24.8. The molecule has 34 heavy (non-hydrogen) atoms. The van der Waals surface area contributed by atoms with Crippen LogP contribution in [0.25, 0.3) is 16.9 Å². The van der Waals surface area contributed by atoms with E-state index in [2.05, 4.69) is 10.3 Å². The molecule has 0 radical (unpaired) electrons. The number of methoxy groups -OCH3 is 2. The predicted molar refractivity (Wildman–Crippen MR) is 132 cm³/mol. The van der Waals surface area contributed by atoms with Crippen molar-refractivity contribution < 1.29 is 19.1 Å². The number of hydrogen-bond donors (Lipinski definition) is 1. The number of likely N-dealkylation sites (N-methyl/N-ethyl adjacent to an activating group) is 1. The van der Waals surface area contributed by atoms with Gasteiger partial charge in [0.2, 0.25) is 17.8 Å². The number of imidazole rings is 1. The Balaban J connectivity index is 1.89. The van der Waals surface area contributed by atoms with Crippen molar-refractivity contribution in [3.8, 4) is 28.4 Å². The molecule has 3 aromatic rings. The minimum atomic E-state index is -0.305. The van der Waals surface area contributed by atoms with E-state index >= 15 is 0 Å². The first-order valence-corrected chi connectivity index (χ1v) is 11.3. The molecule has 0 aliphatic rings. The van der Waals surface area contributed by atoms with Gasteiger partial charge in [-0.15, -0.1) is 0 Å². The highest BCUT2D eigenvalue weighted by Crippen LogP contribution is 2.27. The molecule has 2 amide bonds. The summed E-state index contributed by atoms with van der Waals surface area (Å²) in [4.78, 5) is 31.6. The molecule has 8 nitrogen and oxygen atoms in total. The van der Waals surface area contributed by atoms with Gasteiger partial charge in [0.1, 0.15) is 11.5 Å². The Morgan fingerprint density at radius 1 is 1.00 bits per heavy atom. The molecule has 0 aliphatic heterocycles. The van der Waals surface area contributed by atoms with Crippen LogP contribution >= 0.6 is 0 Å². The van der Waals surface area contributed by atoms with Gasteiger partial charge in [-0.3, -0.25) is 19.5 Å². The molecule has 1 aromatic heterocycles. The lowest BCUT2D eigenvalue weighted by Gasteiger charge is -2.21. The van der Waals surface area contributed by atoms with Gasteiger partial charge in [0, 0.05) is 30.4 Å². The Kier molecular flexibility index (Phi) is 8.29. The molecule has 180 valence electrons. The molecule has 3 rings (SSSR count).